The summed E-state index contributed by atoms with van der Waals surface area (Å²) in [7, 11) is 2.04. The fraction of sp³-hybridized carbons (Fsp3) is 0.423. The molecule has 0 aliphatic carbocycles. The summed E-state index contributed by atoms with van der Waals surface area (Å²) >= 11 is 0. The van der Waals surface area contributed by atoms with E-state index < -0.39 is 18.2 Å². The SMILES string of the molecule is CCCC(=O)Nc1ccc(C2OC(=O)N(Cc3ccccc3)C2C(=O)N2CCN(C)CC2)cc1. The number of hydrogen-bond donors (Lipinski definition) is 1. The predicted octanol–water partition coefficient (Wildman–Crippen LogP) is 3.26. The quantitative estimate of drug-likeness (QED) is 0.680. The molecule has 180 valence electrons. The highest BCUT2D eigenvalue weighted by atomic mass is 16.6. The summed E-state index contributed by atoms with van der Waals surface area (Å²) in [6, 6.07) is 16.1. The zero-order chi connectivity index (χ0) is 24.1. The van der Waals surface area contributed by atoms with Crippen LogP contribution in [-0.4, -0.2) is 71.9 Å². The van der Waals surface area contributed by atoms with Gasteiger partial charge in [-0.1, -0.05) is 49.4 Å². The summed E-state index contributed by atoms with van der Waals surface area (Å²) in [5.74, 6) is -0.139. The molecule has 2 atom stereocenters. The lowest BCUT2D eigenvalue weighted by molar-refractivity contribution is -0.138. The second-order valence-electron chi connectivity index (χ2n) is 8.91. The first-order valence-electron chi connectivity index (χ1n) is 11.8. The Kier molecular flexibility index (Phi) is 7.47. The van der Waals surface area contributed by atoms with E-state index in [0.29, 0.717) is 31.7 Å². The summed E-state index contributed by atoms with van der Waals surface area (Å²) < 4.78 is 5.78. The third-order valence-electron chi connectivity index (χ3n) is 6.35. The maximum Gasteiger partial charge on any atom is 0.411 e. The first kappa shape index (κ1) is 23.8. The van der Waals surface area contributed by atoms with Crippen molar-refractivity contribution >= 4 is 23.6 Å². The molecule has 3 amide bonds. The van der Waals surface area contributed by atoms with E-state index in [2.05, 4.69) is 10.2 Å². The van der Waals surface area contributed by atoms with Crippen LogP contribution in [0.5, 0.6) is 0 Å². The Morgan fingerprint density at radius 3 is 2.32 bits per heavy atom. The molecule has 2 heterocycles. The number of anilines is 1. The van der Waals surface area contributed by atoms with Gasteiger partial charge in [-0.05, 0) is 36.7 Å². The normalized spacial score (nSPS) is 20.8. The van der Waals surface area contributed by atoms with Crippen molar-refractivity contribution in [1.29, 1.82) is 0 Å². The highest BCUT2D eigenvalue weighted by molar-refractivity contribution is 5.91. The van der Waals surface area contributed by atoms with E-state index in [1.807, 2.05) is 61.3 Å². The number of carbonyl (C=O) groups is 3. The van der Waals surface area contributed by atoms with Crippen LogP contribution in [0.25, 0.3) is 0 Å². The number of nitrogens with one attached hydrogen (secondary N) is 1. The number of benzene rings is 2. The van der Waals surface area contributed by atoms with Gasteiger partial charge in [0, 0.05) is 38.3 Å². The van der Waals surface area contributed by atoms with Crippen LogP contribution in [0.4, 0.5) is 10.5 Å². The van der Waals surface area contributed by atoms with E-state index in [-0.39, 0.29) is 11.8 Å². The van der Waals surface area contributed by atoms with E-state index in [1.165, 1.54) is 4.90 Å². The zero-order valence-electron chi connectivity index (χ0n) is 19.8. The highest BCUT2D eigenvalue weighted by Gasteiger charge is 2.48. The number of nitrogens with zero attached hydrogens (tertiary/aromatic N) is 3. The van der Waals surface area contributed by atoms with Gasteiger partial charge in [0.2, 0.25) is 11.8 Å². The number of amides is 3. The van der Waals surface area contributed by atoms with E-state index >= 15 is 0 Å². The molecule has 0 spiro atoms. The van der Waals surface area contributed by atoms with Gasteiger partial charge in [0.25, 0.3) is 0 Å². The molecular weight excluding hydrogens is 432 g/mol. The third kappa shape index (κ3) is 5.39. The molecule has 2 aromatic carbocycles. The Morgan fingerprint density at radius 1 is 1.00 bits per heavy atom. The van der Waals surface area contributed by atoms with E-state index in [4.69, 9.17) is 4.74 Å². The van der Waals surface area contributed by atoms with Gasteiger partial charge in [-0.15, -0.1) is 0 Å². The van der Waals surface area contributed by atoms with Crippen molar-refractivity contribution in [3.63, 3.8) is 0 Å². The largest absolute Gasteiger partial charge is 0.438 e. The minimum Gasteiger partial charge on any atom is -0.438 e. The number of ether oxygens (including phenoxy) is 1. The number of likely N-dealkylation sites (N-methyl/N-ethyl adjacent to an activating group) is 1. The number of hydrogen-bond acceptors (Lipinski definition) is 5. The Balaban J connectivity index is 1.58. The molecular formula is C26H32N4O4. The average Bonchev–Trinajstić information content (AvgIpc) is 3.16. The van der Waals surface area contributed by atoms with Crippen LogP contribution < -0.4 is 5.32 Å². The summed E-state index contributed by atoms with van der Waals surface area (Å²) in [5, 5.41) is 2.86. The summed E-state index contributed by atoms with van der Waals surface area (Å²) in [6.45, 7) is 5.08. The lowest BCUT2D eigenvalue weighted by atomic mass is 9.99. The van der Waals surface area contributed by atoms with Crippen LogP contribution in [0.15, 0.2) is 54.6 Å². The molecule has 0 aromatic heterocycles. The standard InChI is InChI=1S/C26H32N4O4/c1-3-7-22(31)27-21-12-10-20(11-13-21)24-23(25(32)29-16-14-28(2)15-17-29)30(26(33)34-24)18-19-8-5-4-6-9-19/h4-6,8-13,23-24H,3,7,14-18H2,1-2H3,(H,27,31). The Morgan fingerprint density at radius 2 is 1.68 bits per heavy atom. The minimum absolute atomic E-state index is 0.0419. The molecule has 1 N–H and O–H groups in total. The fourth-order valence-electron chi connectivity index (χ4n) is 4.39. The molecule has 0 saturated carbocycles. The molecule has 2 unspecified atom stereocenters. The first-order valence-corrected chi connectivity index (χ1v) is 11.8. The van der Waals surface area contributed by atoms with Crippen molar-refractivity contribution < 1.29 is 19.1 Å². The molecule has 8 heteroatoms. The van der Waals surface area contributed by atoms with Gasteiger partial charge < -0.3 is 19.9 Å². The number of carbonyl (C=O) groups excluding carboxylic acids is 3. The molecule has 2 saturated heterocycles. The highest BCUT2D eigenvalue weighted by Crippen LogP contribution is 2.35. The topological polar surface area (TPSA) is 82.2 Å². The minimum atomic E-state index is -0.753. The monoisotopic (exact) mass is 464 g/mol. The molecule has 4 rings (SSSR count). The summed E-state index contributed by atoms with van der Waals surface area (Å²) in [6.07, 6.45) is 0.0123. The van der Waals surface area contributed by atoms with Crippen molar-refractivity contribution in [2.75, 3.05) is 38.5 Å². The fourth-order valence-corrected chi connectivity index (χ4v) is 4.39. The van der Waals surface area contributed by atoms with Crippen LogP contribution in [0.2, 0.25) is 0 Å². The Bertz CT molecular complexity index is 1000. The first-order chi connectivity index (χ1) is 16.5. The average molecular weight is 465 g/mol. The Labute approximate surface area is 200 Å². The lowest BCUT2D eigenvalue weighted by Crippen LogP contribution is -2.54. The van der Waals surface area contributed by atoms with Crippen LogP contribution in [-0.2, 0) is 20.9 Å². The molecule has 0 bridgehead atoms. The Hall–Kier alpha value is -3.39. The van der Waals surface area contributed by atoms with Gasteiger partial charge in [0.05, 0.1) is 6.54 Å². The van der Waals surface area contributed by atoms with Crippen molar-refractivity contribution in [3.8, 4) is 0 Å². The van der Waals surface area contributed by atoms with Gasteiger partial charge in [0.15, 0.2) is 12.1 Å². The molecule has 2 aliphatic rings. The number of rotatable bonds is 7. The molecule has 34 heavy (non-hydrogen) atoms. The molecule has 0 radical (unpaired) electrons. The van der Waals surface area contributed by atoms with Gasteiger partial charge in [0.1, 0.15) is 0 Å². The van der Waals surface area contributed by atoms with Crippen molar-refractivity contribution in [2.24, 2.45) is 0 Å². The maximum atomic E-state index is 13.7. The van der Waals surface area contributed by atoms with Gasteiger partial charge >= 0.3 is 6.09 Å². The predicted molar refractivity (Wildman–Crippen MR) is 129 cm³/mol. The van der Waals surface area contributed by atoms with Crippen LogP contribution in [0.1, 0.15) is 37.0 Å². The van der Waals surface area contributed by atoms with Gasteiger partial charge in [-0.2, -0.15) is 0 Å². The smallest absolute Gasteiger partial charge is 0.411 e. The van der Waals surface area contributed by atoms with E-state index in [1.54, 1.807) is 12.1 Å². The van der Waals surface area contributed by atoms with Crippen LogP contribution in [0.3, 0.4) is 0 Å². The van der Waals surface area contributed by atoms with Crippen molar-refractivity contribution in [3.05, 3.63) is 65.7 Å². The molecule has 8 nitrogen and oxygen atoms in total. The number of cyclic esters (lactones) is 1. The van der Waals surface area contributed by atoms with Crippen molar-refractivity contribution in [2.45, 2.75) is 38.5 Å². The van der Waals surface area contributed by atoms with Crippen LogP contribution >= 0.6 is 0 Å². The number of piperazine rings is 1. The maximum absolute atomic E-state index is 13.7. The second-order valence-corrected chi connectivity index (χ2v) is 8.91. The van der Waals surface area contributed by atoms with E-state index in [9.17, 15) is 14.4 Å². The second kappa shape index (κ2) is 10.7. The molecule has 2 fully saturated rings. The molecule has 2 aliphatic heterocycles. The summed E-state index contributed by atoms with van der Waals surface area (Å²) in [5.41, 5.74) is 2.34. The summed E-state index contributed by atoms with van der Waals surface area (Å²) in [4.78, 5) is 44.1. The molecule has 2 aromatic rings. The van der Waals surface area contributed by atoms with Crippen LogP contribution in [0, 0.1) is 0 Å². The third-order valence-corrected chi connectivity index (χ3v) is 6.35. The van der Waals surface area contributed by atoms with Gasteiger partial charge in [-0.25, -0.2) is 4.79 Å². The van der Waals surface area contributed by atoms with Crippen molar-refractivity contribution in [1.82, 2.24) is 14.7 Å². The van der Waals surface area contributed by atoms with E-state index in [0.717, 1.165) is 30.6 Å². The lowest BCUT2D eigenvalue weighted by Gasteiger charge is -2.36. The zero-order valence-corrected chi connectivity index (χ0v) is 19.8. The van der Waals surface area contributed by atoms with Gasteiger partial charge in [-0.3, -0.25) is 14.5 Å².